The van der Waals surface area contributed by atoms with E-state index in [4.69, 9.17) is 0 Å². The fraction of sp³-hybridized carbons (Fsp3) is 0.395. The molecule has 0 saturated heterocycles. The van der Waals surface area contributed by atoms with Gasteiger partial charge in [-0.3, -0.25) is 19.3 Å². The number of para-hydroxylation sites is 1. The van der Waals surface area contributed by atoms with Crippen LogP contribution in [0.25, 0.3) is 0 Å². The minimum atomic E-state index is -4.31. The number of fused-ring (bicyclic) bond motifs is 2. The van der Waals surface area contributed by atoms with Crippen molar-refractivity contribution in [2.45, 2.75) is 77.6 Å². The number of nitrogens with zero attached hydrogens (tertiary/aromatic N) is 3. The van der Waals surface area contributed by atoms with Crippen LogP contribution < -0.4 is 39.8 Å². The van der Waals surface area contributed by atoms with Gasteiger partial charge in [-0.25, -0.2) is 8.42 Å². The molecule has 286 valence electrons. The zero-order valence-electron chi connectivity index (χ0n) is 33.0. The first-order valence-electron chi connectivity index (χ1n) is 18.8. The number of amides is 3. The minimum Gasteiger partial charge on any atom is -0.748 e. The fourth-order valence-corrected chi connectivity index (χ4v) is 8.09. The van der Waals surface area contributed by atoms with Crippen LogP contribution in [0.2, 0.25) is 0 Å². The molecule has 12 heteroatoms. The normalized spacial score (nSPS) is 18.0. The van der Waals surface area contributed by atoms with Gasteiger partial charge in [0.25, 0.3) is 17.7 Å². The number of benzene rings is 2. The Morgan fingerprint density at radius 3 is 2.24 bits per heavy atom. The smallest absolute Gasteiger partial charge is 0.748 e. The first kappa shape index (κ1) is 43.9. The second-order valence-corrected chi connectivity index (χ2v) is 16.5. The minimum absolute atomic E-state index is 0. The number of allylic oxidation sites excluding steroid dienone is 8. The van der Waals surface area contributed by atoms with E-state index >= 15 is 0 Å². The van der Waals surface area contributed by atoms with Gasteiger partial charge < -0.3 is 14.8 Å². The molecular weight excluding hydrogens is 724 g/mol. The van der Waals surface area contributed by atoms with Crippen molar-refractivity contribution < 1.29 is 61.5 Å². The predicted octanol–water partition coefficient (Wildman–Crippen LogP) is 3.59. The zero-order valence-corrected chi connectivity index (χ0v) is 35.8. The van der Waals surface area contributed by atoms with Crippen molar-refractivity contribution in [3.63, 3.8) is 0 Å². The summed E-state index contributed by atoms with van der Waals surface area (Å²) in [5, 5.41) is 2.81. The molecule has 1 N–H and O–H groups in total. The molecule has 0 bridgehead atoms. The van der Waals surface area contributed by atoms with E-state index in [0.717, 1.165) is 34.8 Å². The number of anilines is 1. The standard InChI is InChI=1S/C43H52N4O6S.Na/c1-6-7-15-27-45-35-19-14-13-18-33(35)42(2,3)37(45)20-11-9-8-10-12-21-38-43(4,5)34-31-32(41(50)44-26-29-47-39(48)24-25-40(47)49)22-23-36(34)46(38)28-16-17-30-54(51,52)53;/h8-14,18-25,31H,6-7,15-17,26-30H2,1-5H3,(H-,44,50,51,52,53);/q;+1. The van der Waals surface area contributed by atoms with Gasteiger partial charge in [-0.1, -0.05) is 75.8 Å². The van der Waals surface area contributed by atoms with Crippen molar-refractivity contribution in [3.05, 3.63) is 120 Å². The number of carbonyl (C=O) groups is 3. The molecule has 2 aromatic carbocycles. The topological polar surface area (TPSA) is 130 Å². The van der Waals surface area contributed by atoms with Gasteiger partial charge in [-0.05, 0) is 62.9 Å². The summed E-state index contributed by atoms with van der Waals surface area (Å²) in [5.74, 6) is -1.54. The third-order valence-corrected chi connectivity index (χ3v) is 11.2. The number of hydrogen-bond donors (Lipinski definition) is 1. The van der Waals surface area contributed by atoms with Gasteiger partial charge in [-0.2, -0.15) is 4.58 Å². The summed E-state index contributed by atoms with van der Waals surface area (Å²) in [6.45, 7) is 12.6. The molecule has 0 unspecified atom stereocenters. The summed E-state index contributed by atoms with van der Waals surface area (Å²) < 4.78 is 36.3. The molecule has 5 rings (SSSR count). The first-order valence-corrected chi connectivity index (χ1v) is 20.4. The molecular formula is C43H52N4NaO6S+. The van der Waals surface area contributed by atoms with Crippen LogP contribution >= 0.6 is 0 Å². The van der Waals surface area contributed by atoms with E-state index in [1.54, 1.807) is 6.07 Å². The third-order valence-electron chi connectivity index (χ3n) is 10.4. The Labute approximate surface area is 348 Å². The van der Waals surface area contributed by atoms with Gasteiger partial charge in [0.2, 0.25) is 5.69 Å². The maximum absolute atomic E-state index is 13.2. The van der Waals surface area contributed by atoms with Gasteiger partial charge in [-0.15, -0.1) is 0 Å². The van der Waals surface area contributed by atoms with Crippen LogP contribution in [0.3, 0.4) is 0 Å². The van der Waals surface area contributed by atoms with Crippen LogP contribution in [0, 0.1) is 0 Å². The van der Waals surface area contributed by atoms with Crippen LogP contribution in [0.4, 0.5) is 11.4 Å². The summed E-state index contributed by atoms with van der Waals surface area (Å²) in [6, 6.07) is 14.1. The summed E-state index contributed by atoms with van der Waals surface area (Å²) in [6.07, 6.45) is 21.0. The number of nitrogens with one attached hydrogen (secondary N) is 1. The Morgan fingerprint density at radius 2 is 1.53 bits per heavy atom. The van der Waals surface area contributed by atoms with E-state index in [9.17, 15) is 27.4 Å². The molecule has 0 aliphatic carbocycles. The zero-order chi connectivity index (χ0) is 39.1. The molecule has 3 aliphatic heterocycles. The summed E-state index contributed by atoms with van der Waals surface area (Å²) in [5.41, 5.74) is 6.54. The number of imide groups is 1. The molecule has 0 fully saturated rings. The van der Waals surface area contributed by atoms with E-state index in [2.05, 4.69) is 85.8 Å². The van der Waals surface area contributed by atoms with Gasteiger partial charge in [0.1, 0.15) is 6.54 Å². The molecule has 2 aromatic rings. The van der Waals surface area contributed by atoms with Crippen LogP contribution in [-0.2, 0) is 30.5 Å². The average molecular weight is 776 g/mol. The maximum Gasteiger partial charge on any atom is 1.00 e. The van der Waals surface area contributed by atoms with E-state index in [1.165, 1.54) is 42.0 Å². The number of unbranched alkanes of at least 4 members (excludes halogenated alkanes) is 3. The van der Waals surface area contributed by atoms with E-state index in [1.807, 2.05) is 42.5 Å². The molecule has 55 heavy (non-hydrogen) atoms. The molecule has 0 atom stereocenters. The van der Waals surface area contributed by atoms with Crippen molar-refractivity contribution in [1.82, 2.24) is 10.2 Å². The van der Waals surface area contributed by atoms with Gasteiger partial charge in [0, 0.05) is 84.0 Å². The average Bonchev–Trinajstić information content (AvgIpc) is 3.64. The van der Waals surface area contributed by atoms with Crippen molar-refractivity contribution in [3.8, 4) is 0 Å². The van der Waals surface area contributed by atoms with Gasteiger partial charge in [0.15, 0.2) is 5.71 Å². The van der Waals surface area contributed by atoms with Gasteiger partial charge in [0.05, 0.1) is 15.5 Å². The molecule has 3 heterocycles. The quantitative estimate of drug-likeness (QED) is 0.0650. The number of rotatable bonds is 17. The Balaban J connectivity index is 0.00000673. The van der Waals surface area contributed by atoms with Crippen LogP contribution in [0.15, 0.2) is 103 Å². The van der Waals surface area contributed by atoms with E-state index in [-0.39, 0.29) is 60.4 Å². The summed E-state index contributed by atoms with van der Waals surface area (Å²) in [4.78, 5) is 40.1. The second-order valence-electron chi connectivity index (χ2n) is 15.0. The summed E-state index contributed by atoms with van der Waals surface area (Å²) >= 11 is 0. The Hall–Kier alpha value is -3.87. The van der Waals surface area contributed by atoms with Crippen molar-refractivity contribution in [2.24, 2.45) is 0 Å². The Bertz CT molecular complexity index is 2060. The number of hydrogen-bond acceptors (Lipinski definition) is 7. The number of carbonyl (C=O) groups excluding carboxylic acids is 3. The molecule has 0 spiro atoms. The molecule has 10 nitrogen and oxygen atoms in total. The monoisotopic (exact) mass is 775 g/mol. The van der Waals surface area contributed by atoms with Crippen LogP contribution in [0.1, 0.15) is 88.2 Å². The molecule has 3 aliphatic rings. The Kier molecular flexibility index (Phi) is 15.0. The Morgan fingerprint density at radius 1 is 0.836 bits per heavy atom. The fourth-order valence-electron chi connectivity index (χ4n) is 7.53. The maximum atomic E-state index is 13.2. The van der Waals surface area contributed by atoms with Crippen LogP contribution in [-0.4, -0.2) is 77.8 Å². The van der Waals surface area contributed by atoms with E-state index < -0.39 is 33.1 Å². The van der Waals surface area contributed by atoms with E-state index in [0.29, 0.717) is 18.5 Å². The molecule has 3 amide bonds. The second kappa shape index (κ2) is 18.8. The predicted molar refractivity (Wildman–Crippen MR) is 213 cm³/mol. The van der Waals surface area contributed by atoms with Crippen LogP contribution in [0.5, 0.6) is 0 Å². The third kappa shape index (κ3) is 10.3. The van der Waals surface area contributed by atoms with Crippen molar-refractivity contribution in [1.29, 1.82) is 0 Å². The first-order chi connectivity index (χ1) is 25.7. The largest absolute Gasteiger partial charge is 1.00 e. The van der Waals surface area contributed by atoms with Gasteiger partial charge >= 0.3 is 29.6 Å². The van der Waals surface area contributed by atoms with Crippen molar-refractivity contribution in [2.75, 3.05) is 36.8 Å². The molecule has 0 radical (unpaired) electrons. The van der Waals surface area contributed by atoms with Crippen molar-refractivity contribution >= 4 is 44.9 Å². The molecule has 0 aromatic heterocycles. The molecule has 0 saturated carbocycles. The summed E-state index contributed by atoms with van der Waals surface area (Å²) in [7, 11) is -4.31. The SMILES string of the molecule is CCCCC[N+]1=C(/C=C/C=C/C=C/C=C2/N(CCCCS(=O)(=O)[O-])c3ccc(C(=O)NCCN4C(=O)C=CC4=O)cc3C2(C)C)C(C)(C)c2ccccc21.[Na+].